The Bertz CT molecular complexity index is 1030. The molecule has 0 atom stereocenters. The predicted octanol–water partition coefficient (Wildman–Crippen LogP) is 1.53. The number of para-hydroxylation sites is 1. The molecular weight excluding hydrogens is 356 g/mol. The molecule has 1 aliphatic heterocycles. The van der Waals surface area contributed by atoms with Crippen LogP contribution in [-0.4, -0.2) is 57.0 Å². The topological polar surface area (TPSA) is 87.1 Å². The van der Waals surface area contributed by atoms with Gasteiger partial charge in [0.1, 0.15) is 5.69 Å². The van der Waals surface area contributed by atoms with Crippen LogP contribution < -0.4 is 10.5 Å². The van der Waals surface area contributed by atoms with Crippen LogP contribution in [0.5, 0.6) is 0 Å². The van der Waals surface area contributed by atoms with Gasteiger partial charge in [0.25, 0.3) is 11.5 Å². The summed E-state index contributed by atoms with van der Waals surface area (Å²) in [6.07, 6.45) is 0. The highest BCUT2D eigenvalue weighted by atomic mass is 16.2. The molecule has 144 valence electrons. The smallest absolute Gasteiger partial charge is 0.274 e. The van der Waals surface area contributed by atoms with Crippen molar-refractivity contribution >= 4 is 11.6 Å². The standard InChI is InChI=1S/C20H22N6O2/c1-14-19(15(2)26(23-14)16-6-4-3-5-7-16)24-10-12-25(13-11-24)20(28)17-8-9-18(27)22-21-17/h3-9H,10-13H2,1-2H3,(H,22,27). The number of hydrogen-bond donors (Lipinski definition) is 1. The maximum atomic E-state index is 12.6. The number of carbonyl (C=O) groups is 1. The molecule has 28 heavy (non-hydrogen) atoms. The number of aromatic amines is 1. The van der Waals surface area contributed by atoms with Gasteiger partial charge in [-0.2, -0.15) is 10.2 Å². The third-order valence-electron chi connectivity index (χ3n) is 5.04. The summed E-state index contributed by atoms with van der Waals surface area (Å²) in [5.74, 6) is -0.163. The summed E-state index contributed by atoms with van der Waals surface area (Å²) in [6.45, 7) is 6.71. The number of aromatic nitrogens is 4. The van der Waals surface area contributed by atoms with Gasteiger partial charge in [0.15, 0.2) is 0 Å². The van der Waals surface area contributed by atoms with E-state index in [4.69, 9.17) is 5.10 Å². The highest BCUT2D eigenvalue weighted by Crippen LogP contribution is 2.27. The Kier molecular flexibility index (Phi) is 4.68. The maximum absolute atomic E-state index is 12.6. The Balaban J connectivity index is 1.50. The number of nitrogens with zero attached hydrogens (tertiary/aromatic N) is 5. The minimum atomic E-state index is -0.317. The molecule has 8 nitrogen and oxygen atoms in total. The molecule has 1 amide bonds. The minimum Gasteiger partial charge on any atom is -0.365 e. The van der Waals surface area contributed by atoms with Gasteiger partial charge in [-0.1, -0.05) is 18.2 Å². The number of amides is 1. The highest BCUT2D eigenvalue weighted by Gasteiger charge is 2.26. The Labute approximate surface area is 162 Å². The molecular formula is C20H22N6O2. The molecule has 3 aromatic rings. The second-order valence-corrected chi connectivity index (χ2v) is 6.85. The third kappa shape index (κ3) is 3.28. The molecule has 8 heteroatoms. The van der Waals surface area contributed by atoms with Crippen molar-refractivity contribution in [2.24, 2.45) is 0 Å². The van der Waals surface area contributed by atoms with Crippen molar-refractivity contribution in [2.45, 2.75) is 13.8 Å². The van der Waals surface area contributed by atoms with Crippen molar-refractivity contribution in [3.05, 3.63) is 69.9 Å². The molecule has 1 N–H and O–H groups in total. The fourth-order valence-corrected chi connectivity index (χ4v) is 3.67. The van der Waals surface area contributed by atoms with Gasteiger partial charge in [-0.25, -0.2) is 9.78 Å². The van der Waals surface area contributed by atoms with Crippen LogP contribution in [0.15, 0.2) is 47.3 Å². The molecule has 1 aromatic carbocycles. The van der Waals surface area contributed by atoms with Crippen molar-refractivity contribution in [3.8, 4) is 5.69 Å². The average Bonchev–Trinajstić information content (AvgIpc) is 3.03. The summed E-state index contributed by atoms with van der Waals surface area (Å²) in [5.41, 5.74) is 4.17. The molecule has 4 rings (SSSR count). The van der Waals surface area contributed by atoms with Gasteiger partial charge in [0.2, 0.25) is 0 Å². The highest BCUT2D eigenvalue weighted by molar-refractivity contribution is 5.92. The average molecular weight is 378 g/mol. The lowest BCUT2D eigenvalue weighted by atomic mass is 10.2. The number of nitrogens with one attached hydrogen (secondary N) is 1. The molecule has 3 heterocycles. The Morgan fingerprint density at radius 2 is 1.71 bits per heavy atom. The first-order chi connectivity index (χ1) is 13.5. The van der Waals surface area contributed by atoms with Crippen molar-refractivity contribution in [1.29, 1.82) is 0 Å². The number of hydrogen-bond acceptors (Lipinski definition) is 5. The van der Waals surface area contributed by atoms with Crippen LogP contribution >= 0.6 is 0 Å². The van der Waals surface area contributed by atoms with E-state index in [1.54, 1.807) is 4.90 Å². The molecule has 0 saturated carbocycles. The minimum absolute atomic E-state index is 0.163. The molecule has 2 aromatic heterocycles. The van der Waals surface area contributed by atoms with Crippen molar-refractivity contribution in [3.63, 3.8) is 0 Å². The lowest BCUT2D eigenvalue weighted by Crippen LogP contribution is -2.49. The first-order valence-corrected chi connectivity index (χ1v) is 9.26. The van der Waals surface area contributed by atoms with E-state index >= 15 is 0 Å². The SMILES string of the molecule is Cc1nn(-c2ccccc2)c(C)c1N1CCN(C(=O)c2ccc(=O)[nH]n2)CC1. The van der Waals surface area contributed by atoms with Crippen LogP contribution in [0.25, 0.3) is 5.69 Å². The number of H-pyrrole nitrogens is 1. The number of rotatable bonds is 3. The Morgan fingerprint density at radius 3 is 2.36 bits per heavy atom. The number of anilines is 1. The van der Waals surface area contributed by atoms with Gasteiger partial charge < -0.3 is 9.80 Å². The summed E-state index contributed by atoms with van der Waals surface area (Å²) >= 11 is 0. The van der Waals surface area contributed by atoms with Gasteiger partial charge in [-0.15, -0.1) is 0 Å². The van der Waals surface area contributed by atoms with Crippen LogP contribution in [0.3, 0.4) is 0 Å². The zero-order chi connectivity index (χ0) is 19.7. The van der Waals surface area contributed by atoms with E-state index in [-0.39, 0.29) is 17.2 Å². The maximum Gasteiger partial charge on any atom is 0.274 e. The summed E-state index contributed by atoms with van der Waals surface area (Å²) < 4.78 is 1.96. The molecule has 0 bridgehead atoms. The fourth-order valence-electron chi connectivity index (χ4n) is 3.67. The van der Waals surface area contributed by atoms with Gasteiger partial charge in [0.05, 0.1) is 22.8 Å². The van der Waals surface area contributed by atoms with E-state index in [2.05, 4.69) is 22.0 Å². The lowest BCUT2D eigenvalue weighted by Gasteiger charge is -2.36. The quantitative estimate of drug-likeness (QED) is 0.747. The first kappa shape index (κ1) is 18.0. The zero-order valence-electron chi connectivity index (χ0n) is 15.9. The number of aryl methyl sites for hydroxylation is 1. The van der Waals surface area contributed by atoms with Crippen LogP contribution in [0.1, 0.15) is 21.9 Å². The second-order valence-electron chi connectivity index (χ2n) is 6.85. The normalized spacial score (nSPS) is 14.4. The molecule has 0 spiro atoms. The Morgan fingerprint density at radius 1 is 1.00 bits per heavy atom. The summed E-state index contributed by atoms with van der Waals surface area (Å²) in [6, 6.07) is 12.9. The van der Waals surface area contributed by atoms with Gasteiger partial charge in [-0.05, 0) is 32.0 Å². The van der Waals surface area contributed by atoms with Crippen molar-refractivity contribution < 1.29 is 4.79 Å². The molecule has 1 aliphatic rings. The van der Waals surface area contributed by atoms with Crippen LogP contribution in [0.4, 0.5) is 5.69 Å². The van der Waals surface area contributed by atoms with Crippen LogP contribution in [-0.2, 0) is 0 Å². The van der Waals surface area contributed by atoms with Gasteiger partial charge >= 0.3 is 0 Å². The zero-order valence-corrected chi connectivity index (χ0v) is 15.9. The van der Waals surface area contributed by atoms with Crippen LogP contribution in [0.2, 0.25) is 0 Å². The van der Waals surface area contributed by atoms with Crippen molar-refractivity contribution in [1.82, 2.24) is 24.9 Å². The fraction of sp³-hybridized carbons (Fsp3) is 0.300. The van der Waals surface area contributed by atoms with E-state index in [0.717, 1.165) is 35.9 Å². The van der Waals surface area contributed by atoms with E-state index in [0.29, 0.717) is 13.1 Å². The molecule has 0 aliphatic carbocycles. The van der Waals surface area contributed by atoms with E-state index < -0.39 is 0 Å². The first-order valence-electron chi connectivity index (χ1n) is 9.26. The molecule has 1 fully saturated rings. The number of carbonyl (C=O) groups excluding carboxylic acids is 1. The Hall–Kier alpha value is -3.42. The van der Waals surface area contributed by atoms with E-state index in [1.807, 2.05) is 41.9 Å². The number of piperazine rings is 1. The summed E-state index contributed by atoms with van der Waals surface area (Å²) in [5, 5.41) is 10.9. The summed E-state index contributed by atoms with van der Waals surface area (Å²) in [4.78, 5) is 27.8. The van der Waals surface area contributed by atoms with E-state index in [1.165, 1.54) is 12.1 Å². The predicted molar refractivity (Wildman–Crippen MR) is 106 cm³/mol. The van der Waals surface area contributed by atoms with Crippen LogP contribution in [0, 0.1) is 13.8 Å². The molecule has 1 saturated heterocycles. The second kappa shape index (κ2) is 7.30. The monoisotopic (exact) mass is 378 g/mol. The summed E-state index contributed by atoms with van der Waals surface area (Å²) in [7, 11) is 0. The molecule has 0 unspecified atom stereocenters. The van der Waals surface area contributed by atoms with Gasteiger partial charge in [0, 0.05) is 32.2 Å². The van der Waals surface area contributed by atoms with Crippen molar-refractivity contribution in [2.75, 3.05) is 31.1 Å². The van der Waals surface area contributed by atoms with Gasteiger partial charge in [-0.3, -0.25) is 9.59 Å². The largest absolute Gasteiger partial charge is 0.365 e. The molecule has 0 radical (unpaired) electrons. The lowest BCUT2D eigenvalue weighted by molar-refractivity contribution is 0.0739. The third-order valence-corrected chi connectivity index (χ3v) is 5.04. The number of benzene rings is 1. The van der Waals surface area contributed by atoms with E-state index in [9.17, 15) is 9.59 Å².